The van der Waals surface area contributed by atoms with Gasteiger partial charge in [-0.15, -0.1) is 0 Å². The van der Waals surface area contributed by atoms with Crippen LogP contribution in [0.1, 0.15) is 19.3 Å². The van der Waals surface area contributed by atoms with Gasteiger partial charge in [0, 0.05) is 37.4 Å². The summed E-state index contributed by atoms with van der Waals surface area (Å²) in [5, 5.41) is 3.17. The molecule has 2 fully saturated rings. The molecule has 0 bridgehead atoms. The number of carbonyl (C=O) groups excluding carboxylic acids is 2. The molecule has 2 aliphatic heterocycles. The van der Waals surface area contributed by atoms with E-state index in [0.29, 0.717) is 26.1 Å². The first-order chi connectivity index (χ1) is 11.5. The van der Waals surface area contributed by atoms with Gasteiger partial charge in [-0.1, -0.05) is 0 Å². The van der Waals surface area contributed by atoms with E-state index in [2.05, 4.69) is 5.32 Å². The van der Waals surface area contributed by atoms with E-state index in [9.17, 15) is 18.4 Å². The van der Waals surface area contributed by atoms with Gasteiger partial charge in [0.15, 0.2) is 0 Å². The minimum Gasteiger partial charge on any atom is -0.340 e. The van der Waals surface area contributed by atoms with E-state index in [1.54, 1.807) is 4.90 Å². The number of halogens is 2. The largest absolute Gasteiger partial charge is 0.340 e. The highest BCUT2D eigenvalue weighted by Crippen LogP contribution is 2.28. The number of hydrogen-bond donors (Lipinski definition) is 1. The van der Waals surface area contributed by atoms with Gasteiger partial charge in [-0.05, 0) is 38.4 Å². The van der Waals surface area contributed by atoms with Gasteiger partial charge < -0.3 is 15.1 Å². The number of amides is 2. The highest BCUT2D eigenvalue weighted by molar-refractivity contribution is 6.09. The van der Waals surface area contributed by atoms with Crippen molar-refractivity contribution >= 4 is 17.5 Å². The van der Waals surface area contributed by atoms with E-state index in [1.165, 1.54) is 4.90 Å². The molecular formula is C17H21F2N3O2. The summed E-state index contributed by atoms with van der Waals surface area (Å²) in [5.74, 6) is -2.79. The number of benzene rings is 1. The molecule has 2 saturated heterocycles. The number of likely N-dealkylation sites (N-methyl/N-ethyl adjacent to an activating group) is 1. The quantitative estimate of drug-likeness (QED) is 0.851. The summed E-state index contributed by atoms with van der Waals surface area (Å²) in [7, 11) is 1.86. The van der Waals surface area contributed by atoms with E-state index in [4.69, 9.17) is 0 Å². The Morgan fingerprint density at radius 3 is 2.54 bits per heavy atom. The molecule has 24 heavy (non-hydrogen) atoms. The normalized spacial score (nSPS) is 24.5. The topological polar surface area (TPSA) is 52.7 Å². The van der Waals surface area contributed by atoms with Crippen molar-refractivity contribution in [1.82, 2.24) is 10.2 Å². The average molecular weight is 337 g/mol. The summed E-state index contributed by atoms with van der Waals surface area (Å²) >= 11 is 0. The number of anilines is 1. The Balaban J connectivity index is 1.72. The van der Waals surface area contributed by atoms with Gasteiger partial charge in [0.1, 0.15) is 17.6 Å². The van der Waals surface area contributed by atoms with Crippen LogP contribution >= 0.6 is 0 Å². The third-order valence-electron chi connectivity index (χ3n) is 4.80. The van der Waals surface area contributed by atoms with Gasteiger partial charge in [-0.25, -0.2) is 8.78 Å². The van der Waals surface area contributed by atoms with Crippen molar-refractivity contribution in [3.8, 4) is 0 Å². The second-order valence-corrected chi connectivity index (χ2v) is 6.37. The van der Waals surface area contributed by atoms with Crippen LogP contribution in [0.5, 0.6) is 0 Å². The van der Waals surface area contributed by atoms with Crippen molar-refractivity contribution in [2.45, 2.75) is 25.3 Å². The van der Waals surface area contributed by atoms with Crippen LogP contribution in [0.15, 0.2) is 18.2 Å². The molecule has 7 heteroatoms. The minimum absolute atomic E-state index is 0.166. The molecule has 1 aromatic rings. The van der Waals surface area contributed by atoms with Gasteiger partial charge in [0.25, 0.3) is 0 Å². The number of piperidine rings is 1. The SMILES string of the molecule is CN[C@@H]1CCCN(C(=O)[C@@H]2CCN(c3cc(F)cc(F)c3)C2=O)C1. The first-order valence-electron chi connectivity index (χ1n) is 8.23. The lowest BCUT2D eigenvalue weighted by molar-refractivity contribution is -0.140. The fourth-order valence-corrected chi connectivity index (χ4v) is 3.49. The zero-order chi connectivity index (χ0) is 17.3. The molecule has 2 amide bonds. The van der Waals surface area contributed by atoms with E-state index in [-0.39, 0.29) is 23.5 Å². The maximum Gasteiger partial charge on any atom is 0.239 e. The van der Waals surface area contributed by atoms with E-state index in [0.717, 1.165) is 31.0 Å². The zero-order valence-corrected chi connectivity index (χ0v) is 13.6. The summed E-state index contributed by atoms with van der Waals surface area (Å²) in [6.45, 7) is 1.53. The molecule has 5 nitrogen and oxygen atoms in total. The minimum atomic E-state index is -0.757. The van der Waals surface area contributed by atoms with Crippen LogP contribution in [-0.2, 0) is 9.59 Å². The Bertz CT molecular complexity index is 632. The fourth-order valence-electron chi connectivity index (χ4n) is 3.49. The molecule has 2 heterocycles. The van der Waals surface area contributed by atoms with E-state index >= 15 is 0 Å². The lowest BCUT2D eigenvalue weighted by Crippen LogP contribution is -2.49. The number of likely N-dealkylation sites (tertiary alicyclic amines) is 1. The molecule has 0 radical (unpaired) electrons. The maximum absolute atomic E-state index is 13.4. The Hall–Kier alpha value is -2.02. The summed E-state index contributed by atoms with van der Waals surface area (Å²) < 4.78 is 26.8. The average Bonchev–Trinajstić information content (AvgIpc) is 2.95. The van der Waals surface area contributed by atoms with Gasteiger partial charge in [-0.3, -0.25) is 9.59 Å². The van der Waals surface area contributed by atoms with Crippen LogP contribution in [-0.4, -0.2) is 49.4 Å². The molecule has 0 spiro atoms. The van der Waals surface area contributed by atoms with Crippen molar-refractivity contribution in [3.63, 3.8) is 0 Å². The molecule has 0 aliphatic carbocycles. The third kappa shape index (κ3) is 3.26. The third-order valence-corrected chi connectivity index (χ3v) is 4.80. The van der Waals surface area contributed by atoms with Gasteiger partial charge in [0.2, 0.25) is 11.8 Å². The second kappa shape index (κ2) is 6.84. The highest BCUT2D eigenvalue weighted by atomic mass is 19.1. The molecule has 2 atom stereocenters. The lowest BCUT2D eigenvalue weighted by atomic mass is 10.0. The molecule has 1 aromatic carbocycles. The number of nitrogens with one attached hydrogen (secondary N) is 1. The van der Waals surface area contributed by atoms with Gasteiger partial charge in [0.05, 0.1) is 0 Å². The smallest absolute Gasteiger partial charge is 0.239 e. The molecule has 0 unspecified atom stereocenters. The summed E-state index contributed by atoms with van der Waals surface area (Å²) in [6, 6.07) is 3.24. The Labute approximate surface area is 139 Å². The second-order valence-electron chi connectivity index (χ2n) is 6.37. The predicted octanol–water partition coefficient (Wildman–Crippen LogP) is 1.53. The van der Waals surface area contributed by atoms with E-state index < -0.39 is 17.6 Å². The lowest BCUT2D eigenvalue weighted by Gasteiger charge is -2.33. The summed E-state index contributed by atoms with van der Waals surface area (Å²) in [6.07, 6.45) is 2.28. The summed E-state index contributed by atoms with van der Waals surface area (Å²) in [4.78, 5) is 28.3. The van der Waals surface area contributed by atoms with Gasteiger partial charge in [-0.2, -0.15) is 0 Å². The number of hydrogen-bond acceptors (Lipinski definition) is 3. The van der Waals surface area contributed by atoms with Crippen LogP contribution in [0, 0.1) is 17.6 Å². The summed E-state index contributed by atoms with van der Waals surface area (Å²) in [5.41, 5.74) is 0.166. The fraction of sp³-hybridized carbons (Fsp3) is 0.529. The standard InChI is InChI=1S/C17H21F2N3O2/c1-20-13-3-2-5-21(10-13)16(23)15-4-6-22(17(15)24)14-8-11(18)7-12(19)9-14/h7-9,13,15,20H,2-6,10H2,1H3/t13-,15+/m1/s1. The number of rotatable bonds is 3. The first-order valence-corrected chi connectivity index (χ1v) is 8.23. The number of nitrogens with zero attached hydrogens (tertiary/aromatic N) is 2. The Morgan fingerprint density at radius 1 is 1.17 bits per heavy atom. The molecule has 130 valence electrons. The predicted molar refractivity (Wildman–Crippen MR) is 85.5 cm³/mol. The maximum atomic E-state index is 13.4. The van der Waals surface area contributed by atoms with Gasteiger partial charge >= 0.3 is 0 Å². The van der Waals surface area contributed by atoms with Crippen LogP contribution in [0.3, 0.4) is 0 Å². The van der Waals surface area contributed by atoms with Crippen LogP contribution in [0.4, 0.5) is 14.5 Å². The van der Waals surface area contributed by atoms with Crippen LogP contribution in [0.2, 0.25) is 0 Å². The Kier molecular flexibility index (Phi) is 4.80. The van der Waals surface area contributed by atoms with Crippen molar-refractivity contribution in [2.75, 3.05) is 31.6 Å². The van der Waals surface area contributed by atoms with Crippen molar-refractivity contribution in [1.29, 1.82) is 0 Å². The monoisotopic (exact) mass is 337 g/mol. The first kappa shape index (κ1) is 16.8. The van der Waals surface area contributed by atoms with Crippen molar-refractivity contribution in [3.05, 3.63) is 29.8 Å². The number of carbonyl (C=O) groups is 2. The molecule has 3 rings (SSSR count). The molecule has 0 aromatic heterocycles. The molecule has 1 N–H and O–H groups in total. The van der Waals surface area contributed by atoms with Crippen LogP contribution in [0.25, 0.3) is 0 Å². The Morgan fingerprint density at radius 2 is 1.88 bits per heavy atom. The van der Waals surface area contributed by atoms with Crippen molar-refractivity contribution < 1.29 is 18.4 Å². The molecular weight excluding hydrogens is 316 g/mol. The molecule has 0 saturated carbocycles. The van der Waals surface area contributed by atoms with E-state index in [1.807, 2.05) is 7.05 Å². The van der Waals surface area contributed by atoms with Crippen molar-refractivity contribution in [2.24, 2.45) is 5.92 Å². The van der Waals surface area contributed by atoms with Crippen LogP contribution < -0.4 is 10.2 Å². The molecule has 2 aliphatic rings. The highest BCUT2D eigenvalue weighted by Gasteiger charge is 2.40. The zero-order valence-electron chi connectivity index (χ0n) is 13.6.